The van der Waals surface area contributed by atoms with Crippen LogP contribution < -0.4 is 10.6 Å². The lowest BCUT2D eigenvalue weighted by molar-refractivity contribution is 0.188. The zero-order chi connectivity index (χ0) is 18.1. The Morgan fingerprint density at radius 2 is 2.15 bits per heavy atom. The summed E-state index contributed by atoms with van der Waals surface area (Å²) in [6, 6.07) is 9.70. The quantitative estimate of drug-likeness (QED) is 0.754. The number of allylic oxidation sites excluding steroid dienone is 1. The van der Waals surface area contributed by atoms with Crippen LogP contribution in [-0.4, -0.2) is 23.6 Å². The molecule has 2 fully saturated rings. The zero-order valence-electron chi connectivity index (χ0n) is 16.2. The highest BCUT2D eigenvalue weighted by Crippen LogP contribution is 2.47. The fourth-order valence-electron chi connectivity index (χ4n) is 5.25. The lowest BCUT2D eigenvalue weighted by Gasteiger charge is -2.39. The van der Waals surface area contributed by atoms with Gasteiger partial charge < -0.3 is 10.6 Å². The minimum atomic E-state index is 0.321. The Morgan fingerprint density at radius 1 is 1.31 bits per heavy atom. The molecule has 3 aliphatic rings. The highest BCUT2D eigenvalue weighted by molar-refractivity contribution is 7.99. The monoisotopic (exact) mass is 368 g/mol. The third-order valence-corrected chi connectivity index (χ3v) is 8.01. The van der Waals surface area contributed by atoms with Crippen LogP contribution in [0.3, 0.4) is 0 Å². The largest absolute Gasteiger partial charge is 0.370 e. The first-order valence-corrected chi connectivity index (χ1v) is 11.3. The van der Waals surface area contributed by atoms with E-state index in [2.05, 4.69) is 67.1 Å². The molecule has 0 amide bonds. The molecule has 1 heterocycles. The van der Waals surface area contributed by atoms with Gasteiger partial charge in [0.15, 0.2) is 0 Å². The van der Waals surface area contributed by atoms with Crippen molar-refractivity contribution in [1.29, 1.82) is 0 Å². The third kappa shape index (κ3) is 3.55. The van der Waals surface area contributed by atoms with Crippen molar-refractivity contribution in [2.75, 3.05) is 11.5 Å². The molecule has 140 valence electrons. The molecule has 1 aromatic carbocycles. The molecule has 3 heteroatoms. The van der Waals surface area contributed by atoms with E-state index in [4.69, 9.17) is 0 Å². The molecule has 2 aliphatic carbocycles. The Balaban J connectivity index is 1.34. The minimum Gasteiger partial charge on any atom is -0.370 e. The molecule has 0 radical (unpaired) electrons. The summed E-state index contributed by atoms with van der Waals surface area (Å²) in [5.41, 5.74) is 6.43. The van der Waals surface area contributed by atoms with Crippen LogP contribution in [0.25, 0.3) is 5.57 Å². The Bertz CT molecular complexity index is 715. The molecular weight excluding hydrogens is 336 g/mol. The van der Waals surface area contributed by atoms with Crippen molar-refractivity contribution in [3.63, 3.8) is 0 Å². The maximum atomic E-state index is 4.30. The number of hydrogen-bond acceptors (Lipinski definition) is 3. The molecule has 0 aromatic heterocycles. The lowest BCUT2D eigenvalue weighted by Crippen LogP contribution is -2.43. The number of rotatable bonds is 5. The van der Waals surface area contributed by atoms with Crippen LogP contribution in [0.1, 0.15) is 57.1 Å². The highest BCUT2D eigenvalue weighted by Gasteiger charge is 2.39. The fraction of sp³-hybridized carbons (Fsp3) is 0.565. The molecule has 26 heavy (non-hydrogen) atoms. The first-order valence-electron chi connectivity index (χ1n) is 10.1. The van der Waals surface area contributed by atoms with Crippen LogP contribution in [0, 0.1) is 5.41 Å². The average molecular weight is 369 g/mol. The maximum absolute atomic E-state index is 4.30. The number of nitrogens with one attached hydrogen (secondary N) is 2. The molecule has 1 saturated carbocycles. The molecule has 2 nitrogen and oxygen atoms in total. The van der Waals surface area contributed by atoms with Crippen molar-refractivity contribution in [1.82, 2.24) is 10.6 Å². The van der Waals surface area contributed by atoms with Crippen LogP contribution in [0.4, 0.5) is 0 Å². The molecule has 1 spiro atoms. The van der Waals surface area contributed by atoms with Crippen LogP contribution in [0.2, 0.25) is 0 Å². The summed E-state index contributed by atoms with van der Waals surface area (Å²) in [5, 5.41) is 7.37. The zero-order valence-corrected chi connectivity index (χ0v) is 17.1. The van der Waals surface area contributed by atoms with Gasteiger partial charge in [0, 0.05) is 12.1 Å². The summed E-state index contributed by atoms with van der Waals surface area (Å²) >= 11 is 2.15. The van der Waals surface area contributed by atoms with Gasteiger partial charge in [0.25, 0.3) is 0 Å². The maximum Gasteiger partial charge on any atom is 0.0919 e. The van der Waals surface area contributed by atoms with E-state index in [1.807, 2.05) is 0 Å². The minimum absolute atomic E-state index is 0.321. The van der Waals surface area contributed by atoms with E-state index in [1.54, 1.807) is 0 Å². The second-order valence-electron chi connectivity index (χ2n) is 8.57. The van der Waals surface area contributed by atoms with E-state index in [9.17, 15) is 0 Å². The molecule has 1 aromatic rings. The van der Waals surface area contributed by atoms with Crippen molar-refractivity contribution >= 4 is 17.3 Å². The van der Waals surface area contributed by atoms with E-state index in [0.29, 0.717) is 17.5 Å². The van der Waals surface area contributed by atoms with Crippen molar-refractivity contribution in [2.24, 2.45) is 5.41 Å². The van der Waals surface area contributed by atoms with Gasteiger partial charge in [0.1, 0.15) is 0 Å². The molecule has 1 aliphatic heterocycles. The average Bonchev–Trinajstić information content (AvgIpc) is 3.20. The molecule has 4 rings (SSSR count). The molecule has 1 saturated heterocycles. The van der Waals surface area contributed by atoms with Gasteiger partial charge in [-0.2, -0.15) is 11.8 Å². The molecule has 2 N–H and O–H groups in total. The van der Waals surface area contributed by atoms with Gasteiger partial charge in [-0.3, -0.25) is 0 Å². The topological polar surface area (TPSA) is 24.1 Å². The van der Waals surface area contributed by atoms with Crippen molar-refractivity contribution in [3.05, 3.63) is 53.4 Å². The van der Waals surface area contributed by atoms with E-state index in [-0.39, 0.29) is 0 Å². The first-order chi connectivity index (χ1) is 12.6. The summed E-state index contributed by atoms with van der Waals surface area (Å²) in [5.74, 6) is 3.73. The van der Waals surface area contributed by atoms with Crippen molar-refractivity contribution in [3.8, 4) is 0 Å². The van der Waals surface area contributed by atoms with Gasteiger partial charge >= 0.3 is 0 Å². The SMILES string of the molecule is C=C(NC1CCCC2(CCSC2)C1)NC(C)C1=C(C)c2ccccc2C1. The van der Waals surface area contributed by atoms with Crippen molar-refractivity contribution in [2.45, 2.75) is 64.5 Å². The van der Waals surface area contributed by atoms with Gasteiger partial charge in [0.2, 0.25) is 0 Å². The Morgan fingerprint density at radius 3 is 2.92 bits per heavy atom. The molecule has 3 unspecified atom stereocenters. The van der Waals surface area contributed by atoms with Crippen LogP contribution in [0.5, 0.6) is 0 Å². The summed E-state index contributed by atoms with van der Waals surface area (Å²) < 4.78 is 0. The second kappa shape index (κ2) is 7.34. The number of thioether (sulfide) groups is 1. The Kier molecular flexibility index (Phi) is 5.09. The van der Waals surface area contributed by atoms with Crippen molar-refractivity contribution < 1.29 is 0 Å². The number of benzene rings is 1. The standard InChI is InChI=1S/C23H32N2S/c1-16-21-9-5-4-7-19(21)13-22(16)17(2)24-18(3)25-20-8-6-10-23(14-20)11-12-26-15-23/h4-5,7,9,17,20,24-25H,3,6,8,10-15H2,1-2H3. The van der Waals surface area contributed by atoms with E-state index in [0.717, 1.165) is 12.2 Å². The summed E-state index contributed by atoms with van der Waals surface area (Å²) in [4.78, 5) is 0. The van der Waals surface area contributed by atoms with Crippen LogP contribution in [-0.2, 0) is 6.42 Å². The fourth-order valence-corrected chi connectivity index (χ4v) is 6.81. The van der Waals surface area contributed by atoms with Gasteiger partial charge in [-0.1, -0.05) is 37.3 Å². The summed E-state index contributed by atoms with van der Waals surface area (Å²) in [6.07, 6.45) is 7.88. The van der Waals surface area contributed by atoms with E-state index in [1.165, 1.54) is 65.9 Å². The highest BCUT2D eigenvalue weighted by atomic mass is 32.2. The van der Waals surface area contributed by atoms with E-state index >= 15 is 0 Å². The summed E-state index contributed by atoms with van der Waals surface area (Å²) in [7, 11) is 0. The predicted molar refractivity (Wildman–Crippen MR) is 114 cm³/mol. The van der Waals surface area contributed by atoms with E-state index < -0.39 is 0 Å². The Hall–Kier alpha value is -1.35. The van der Waals surface area contributed by atoms with Crippen LogP contribution >= 0.6 is 11.8 Å². The molecular formula is C23H32N2S. The smallest absolute Gasteiger partial charge is 0.0919 e. The number of fused-ring (bicyclic) bond motifs is 1. The lowest BCUT2D eigenvalue weighted by atomic mass is 9.72. The van der Waals surface area contributed by atoms with Gasteiger partial charge in [-0.25, -0.2) is 0 Å². The Labute approximate surface area is 162 Å². The molecule has 3 atom stereocenters. The normalized spacial score (nSPS) is 28.9. The first kappa shape index (κ1) is 18.0. The second-order valence-corrected chi connectivity index (χ2v) is 9.67. The third-order valence-electron chi connectivity index (χ3n) is 6.70. The van der Waals surface area contributed by atoms with Gasteiger partial charge in [-0.05, 0) is 85.1 Å². The van der Waals surface area contributed by atoms with Crippen LogP contribution in [0.15, 0.2) is 42.2 Å². The molecule has 0 bridgehead atoms. The predicted octanol–water partition coefficient (Wildman–Crippen LogP) is 5.12. The summed E-state index contributed by atoms with van der Waals surface area (Å²) in [6.45, 7) is 8.83. The van der Waals surface area contributed by atoms with Gasteiger partial charge in [-0.15, -0.1) is 0 Å². The number of hydrogen-bond donors (Lipinski definition) is 2. The van der Waals surface area contributed by atoms with Gasteiger partial charge in [0.05, 0.1) is 5.82 Å².